The monoisotopic (exact) mass is 295 g/mol. The van der Waals surface area contributed by atoms with Crippen LogP contribution in [0.5, 0.6) is 0 Å². The fourth-order valence-corrected chi connectivity index (χ4v) is 2.74. The van der Waals surface area contributed by atoms with Gasteiger partial charge in [-0.25, -0.2) is 0 Å². The minimum Gasteiger partial charge on any atom is -0.387 e. The summed E-state index contributed by atoms with van der Waals surface area (Å²) in [5, 5.41) is 12.8. The van der Waals surface area contributed by atoms with Gasteiger partial charge in [-0.2, -0.15) is 0 Å². The predicted octanol–water partition coefficient (Wildman–Crippen LogP) is 3.17. The molecule has 1 aromatic heterocycles. The van der Waals surface area contributed by atoms with Gasteiger partial charge in [0, 0.05) is 6.54 Å². The molecule has 0 radical (unpaired) electrons. The van der Waals surface area contributed by atoms with Gasteiger partial charge >= 0.3 is 0 Å². The number of thiophene rings is 1. The number of benzene rings is 1. The van der Waals surface area contributed by atoms with E-state index in [0.29, 0.717) is 9.21 Å². The minimum absolute atomic E-state index is 0.180. The third kappa shape index (κ3) is 3.56. The molecule has 0 aliphatic rings. The van der Waals surface area contributed by atoms with E-state index in [2.05, 4.69) is 5.32 Å². The number of carbonyl (C=O) groups excluding carboxylic acids is 1. The summed E-state index contributed by atoms with van der Waals surface area (Å²) >= 11 is 6.99. The maximum atomic E-state index is 11.8. The van der Waals surface area contributed by atoms with E-state index in [9.17, 15) is 9.90 Å². The smallest absolute Gasteiger partial charge is 0.261 e. The van der Waals surface area contributed by atoms with E-state index in [1.165, 1.54) is 11.3 Å². The molecule has 19 heavy (non-hydrogen) atoms. The molecule has 2 aromatic rings. The molecule has 2 N–H and O–H groups in total. The van der Waals surface area contributed by atoms with E-state index >= 15 is 0 Å². The van der Waals surface area contributed by atoms with Crippen molar-refractivity contribution in [3.8, 4) is 0 Å². The molecule has 100 valence electrons. The Morgan fingerprint density at radius 3 is 2.74 bits per heavy atom. The van der Waals surface area contributed by atoms with Gasteiger partial charge < -0.3 is 10.4 Å². The van der Waals surface area contributed by atoms with Crippen LogP contribution in [0.3, 0.4) is 0 Å². The summed E-state index contributed by atoms with van der Waals surface area (Å²) in [4.78, 5) is 12.4. The Hall–Kier alpha value is -1.36. The van der Waals surface area contributed by atoms with Crippen LogP contribution in [0.1, 0.15) is 26.9 Å². The topological polar surface area (TPSA) is 49.3 Å². The molecule has 1 atom stereocenters. The summed E-state index contributed by atoms with van der Waals surface area (Å²) in [7, 11) is 0. The molecule has 0 bridgehead atoms. The lowest BCUT2D eigenvalue weighted by Crippen LogP contribution is -2.28. The molecule has 0 saturated heterocycles. The Bertz CT molecular complexity index is 582. The highest BCUT2D eigenvalue weighted by molar-refractivity contribution is 7.17. The van der Waals surface area contributed by atoms with Gasteiger partial charge in [-0.3, -0.25) is 4.79 Å². The number of aliphatic hydroxyl groups is 1. The van der Waals surface area contributed by atoms with Crippen molar-refractivity contribution in [1.29, 1.82) is 0 Å². The lowest BCUT2D eigenvalue weighted by Gasteiger charge is -2.14. The summed E-state index contributed by atoms with van der Waals surface area (Å²) in [6, 6.07) is 10.9. The zero-order valence-corrected chi connectivity index (χ0v) is 12.0. The van der Waals surface area contributed by atoms with Gasteiger partial charge in [0.05, 0.1) is 15.3 Å². The number of aliphatic hydroxyl groups excluding tert-OH is 1. The highest BCUT2D eigenvalue weighted by Crippen LogP contribution is 2.21. The molecular weight excluding hydrogens is 282 g/mol. The zero-order valence-electron chi connectivity index (χ0n) is 10.4. The molecule has 0 spiro atoms. The number of amides is 1. The van der Waals surface area contributed by atoms with Crippen LogP contribution in [0.4, 0.5) is 0 Å². The third-order valence-electron chi connectivity index (χ3n) is 2.80. The molecule has 0 aliphatic carbocycles. The first-order valence-electron chi connectivity index (χ1n) is 5.85. The summed E-state index contributed by atoms with van der Waals surface area (Å²) in [5.74, 6) is -0.218. The number of rotatable bonds is 4. The van der Waals surface area contributed by atoms with Gasteiger partial charge in [-0.15, -0.1) is 11.3 Å². The van der Waals surface area contributed by atoms with Gasteiger partial charge in [0.15, 0.2) is 0 Å². The molecular formula is C14H14ClNO2S. The van der Waals surface area contributed by atoms with Crippen LogP contribution < -0.4 is 5.32 Å². The van der Waals surface area contributed by atoms with E-state index < -0.39 is 6.10 Å². The maximum Gasteiger partial charge on any atom is 0.261 e. The normalized spacial score (nSPS) is 12.2. The Morgan fingerprint density at radius 2 is 2.11 bits per heavy atom. The van der Waals surface area contributed by atoms with Crippen molar-refractivity contribution in [3.63, 3.8) is 0 Å². The van der Waals surface area contributed by atoms with Crippen LogP contribution in [0.25, 0.3) is 0 Å². The number of hydrogen-bond acceptors (Lipinski definition) is 3. The van der Waals surface area contributed by atoms with Crippen LogP contribution in [0.15, 0.2) is 36.4 Å². The van der Waals surface area contributed by atoms with Crippen LogP contribution >= 0.6 is 22.9 Å². The second kappa shape index (κ2) is 6.19. The molecule has 3 nitrogen and oxygen atoms in total. The average molecular weight is 296 g/mol. The molecule has 0 saturated carbocycles. The standard InChI is InChI=1S/C14H14ClNO2S/c1-9-4-2-3-5-10(9)11(17)8-16-14(18)12-6-7-13(15)19-12/h2-7,11,17H,8H2,1H3,(H,16,18)/t11-/m1/s1. The molecule has 2 rings (SSSR count). The van der Waals surface area contributed by atoms with E-state index in [0.717, 1.165) is 11.1 Å². The summed E-state index contributed by atoms with van der Waals surface area (Å²) in [6.07, 6.45) is -0.708. The molecule has 1 heterocycles. The Kier molecular flexibility index (Phi) is 4.58. The second-order valence-corrected chi connectivity index (χ2v) is 5.90. The number of nitrogens with one attached hydrogen (secondary N) is 1. The van der Waals surface area contributed by atoms with Crippen LogP contribution in [0, 0.1) is 6.92 Å². The quantitative estimate of drug-likeness (QED) is 0.910. The number of aryl methyl sites for hydroxylation is 1. The van der Waals surface area contributed by atoms with Crippen molar-refractivity contribution in [2.24, 2.45) is 0 Å². The Morgan fingerprint density at radius 1 is 1.37 bits per heavy atom. The van der Waals surface area contributed by atoms with Gasteiger partial charge in [-0.05, 0) is 30.2 Å². The Labute approximate surface area is 120 Å². The lowest BCUT2D eigenvalue weighted by molar-refractivity contribution is 0.0920. The van der Waals surface area contributed by atoms with Crippen LogP contribution in [-0.4, -0.2) is 17.6 Å². The van der Waals surface area contributed by atoms with Gasteiger partial charge in [0.25, 0.3) is 5.91 Å². The van der Waals surface area contributed by atoms with Crippen molar-refractivity contribution < 1.29 is 9.90 Å². The van der Waals surface area contributed by atoms with E-state index in [4.69, 9.17) is 11.6 Å². The van der Waals surface area contributed by atoms with E-state index in [1.807, 2.05) is 31.2 Å². The summed E-state index contributed by atoms with van der Waals surface area (Å²) in [6.45, 7) is 2.11. The highest BCUT2D eigenvalue weighted by Gasteiger charge is 2.13. The molecule has 5 heteroatoms. The van der Waals surface area contributed by atoms with Gasteiger partial charge in [-0.1, -0.05) is 35.9 Å². The van der Waals surface area contributed by atoms with Gasteiger partial charge in [0.2, 0.25) is 0 Å². The third-order valence-corrected chi connectivity index (χ3v) is 4.03. The molecule has 0 fully saturated rings. The summed E-state index contributed by atoms with van der Waals surface area (Å²) in [5.41, 5.74) is 1.83. The fraction of sp³-hybridized carbons (Fsp3) is 0.214. The van der Waals surface area contributed by atoms with Crippen molar-refractivity contribution >= 4 is 28.8 Å². The number of carbonyl (C=O) groups is 1. The first kappa shape index (κ1) is 14.1. The first-order valence-corrected chi connectivity index (χ1v) is 7.04. The fourth-order valence-electron chi connectivity index (χ4n) is 1.78. The second-order valence-electron chi connectivity index (χ2n) is 4.19. The highest BCUT2D eigenvalue weighted by atomic mass is 35.5. The van der Waals surface area contributed by atoms with Gasteiger partial charge in [0.1, 0.15) is 0 Å². The molecule has 0 aliphatic heterocycles. The largest absolute Gasteiger partial charge is 0.387 e. The SMILES string of the molecule is Cc1ccccc1[C@H](O)CNC(=O)c1ccc(Cl)s1. The van der Waals surface area contributed by atoms with E-state index in [1.54, 1.807) is 12.1 Å². The van der Waals surface area contributed by atoms with Crippen molar-refractivity contribution in [3.05, 3.63) is 56.7 Å². The molecule has 1 aromatic carbocycles. The minimum atomic E-state index is -0.708. The first-order chi connectivity index (χ1) is 9.08. The zero-order chi connectivity index (χ0) is 13.8. The number of halogens is 1. The van der Waals surface area contributed by atoms with Crippen LogP contribution in [-0.2, 0) is 0 Å². The van der Waals surface area contributed by atoms with Crippen molar-refractivity contribution in [2.75, 3.05) is 6.54 Å². The predicted molar refractivity (Wildman–Crippen MR) is 77.8 cm³/mol. The number of hydrogen-bond donors (Lipinski definition) is 2. The Balaban J connectivity index is 1.96. The maximum absolute atomic E-state index is 11.8. The van der Waals surface area contributed by atoms with Crippen molar-refractivity contribution in [2.45, 2.75) is 13.0 Å². The van der Waals surface area contributed by atoms with Crippen molar-refractivity contribution in [1.82, 2.24) is 5.32 Å². The molecule has 1 amide bonds. The molecule has 0 unspecified atom stereocenters. The van der Waals surface area contributed by atoms with E-state index in [-0.39, 0.29) is 12.5 Å². The average Bonchev–Trinajstić information content (AvgIpc) is 2.83. The summed E-state index contributed by atoms with van der Waals surface area (Å²) < 4.78 is 0.574. The van der Waals surface area contributed by atoms with Crippen LogP contribution in [0.2, 0.25) is 4.34 Å². The lowest BCUT2D eigenvalue weighted by atomic mass is 10.0.